The van der Waals surface area contributed by atoms with Crippen molar-refractivity contribution in [2.75, 3.05) is 26.2 Å². The number of nitrogens with zero attached hydrogens (tertiary/aromatic N) is 2. The number of amides is 1. The molecule has 1 aromatic rings. The lowest BCUT2D eigenvalue weighted by Gasteiger charge is -2.33. The third-order valence-corrected chi connectivity index (χ3v) is 6.11. The molecule has 7 heteroatoms. The first-order chi connectivity index (χ1) is 10.9. The van der Waals surface area contributed by atoms with Crippen LogP contribution in [-0.2, 0) is 14.8 Å². The smallest absolute Gasteiger partial charge is 0.255 e. The third-order valence-electron chi connectivity index (χ3n) is 4.05. The molecule has 6 nitrogen and oxygen atoms in total. The minimum atomic E-state index is -3.50. The predicted octanol–water partition coefficient (Wildman–Crippen LogP) is 1.93. The minimum Gasteiger partial charge on any atom is -0.359 e. The molecule has 0 radical (unpaired) electrons. The first kappa shape index (κ1) is 17.9. The Balaban J connectivity index is 2.21. The topological polar surface area (TPSA) is 66.9 Å². The van der Waals surface area contributed by atoms with E-state index in [0.29, 0.717) is 31.8 Å². The maximum Gasteiger partial charge on any atom is 0.255 e. The molecule has 1 saturated heterocycles. The first-order valence-electron chi connectivity index (χ1n) is 7.94. The molecule has 1 unspecified atom stereocenters. The van der Waals surface area contributed by atoms with Crippen LogP contribution in [-0.4, -0.2) is 56.0 Å². The Labute approximate surface area is 138 Å². The Morgan fingerprint density at radius 1 is 1.26 bits per heavy atom. The highest BCUT2D eigenvalue weighted by Gasteiger charge is 2.26. The summed E-state index contributed by atoms with van der Waals surface area (Å²) >= 11 is 0. The van der Waals surface area contributed by atoms with E-state index in [-0.39, 0.29) is 17.0 Å². The van der Waals surface area contributed by atoms with Crippen molar-refractivity contribution in [1.29, 1.82) is 0 Å². The van der Waals surface area contributed by atoms with Crippen LogP contribution in [0.5, 0.6) is 0 Å². The highest BCUT2D eigenvalue weighted by molar-refractivity contribution is 7.89. The predicted molar refractivity (Wildman–Crippen MR) is 87.6 cm³/mol. The van der Waals surface area contributed by atoms with Crippen LogP contribution in [0.15, 0.2) is 29.2 Å². The van der Waals surface area contributed by atoms with Crippen LogP contribution in [0.3, 0.4) is 0 Å². The summed E-state index contributed by atoms with van der Waals surface area (Å²) < 4.78 is 31.7. The van der Waals surface area contributed by atoms with E-state index in [1.54, 1.807) is 30.9 Å². The second-order valence-corrected chi connectivity index (χ2v) is 7.37. The largest absolute Gasteiger partial charge is 0.359 e. The third kappa shape index (κ3) is 3.73. The summed E-state index contributed by atoms with van der Waals surface area (Å²) in [4.78, 5) is 14.4. The number of ether oxygens (including phenoxy) is 1. The van der Waals surface area contributed by atoms with Crippen LogP contribution < -0.4 is 0 Å². The Kier molecular flexibility index (Phi) is 5.78. The Bertz CT molecular complexity index is 639. The van der Waals surface area contributed by atoms with Crippen LogP contribution in [0.1, 0.15) is 37.6 Å². The molecule has 23 heavy (non-hydrogen) atoms. The van der Waals surface area contributed by atoms with E-state index in [9.17, 15) is 13.2 Å². The molecule has 0 aliphatic carbocycles. The van der Waals surface area contributed by atoms with Gasteiger partial charge in [-0.15, -0.1) is 0 Å². The molecule has 1 aliphatic rings. The zero-order valence-electron chi connectivity index (χ0n) is 13.9. The van der Waals surface area contributed by atoms with Gasteiger partial charge < -0.3 is 9.64 Å². The van der Waals surface area contributed by atoms with E-state index < -0.39 is 10.0 Å². The quantitative estimate of drug-likeness (QED) is 0.821. The number of rotatable bonds is 5. The Morgan fingerprint density at radius 3 is 2.39 bits per heavy atom. The zero-order valence-corrected chi connectivity index (χ0v) is 14.7. The molecule has 2 rings (SSSR count). The summed E-state index contributed by atoms with van der Waals surface area (Å²) in [6, 6.07) is 6.13. The lowest BCUT2D eigenvalue weighted by atomic mass is 10.2. The molecule has 0 bridgehead atoms. The first-order valence-corrected chi connectivity index (χ1v) is 9.38. The van der Waals surface area contributed by atoms with Crippen molar-refractivity contribution in [3.8, 4) is 0 Å². The number of sulfonamides is 1. The molecule has 0 N–H and O–H groups in total. The average Bonchev–Trinajstić information content (AvgIpc) is 2.55. The number of hydrogen-bond acceptors (Lipinski definition) is 4. The van der Waals surface area contributed by atoms with Crippen molar-refractivity contribution in [3.05, 3.63) is 29.8 Å². The van der Waals surface area contributed by atoms with Gasteiger partial charge in [0.1, 0.15) is 6.23 Å². The van der Waals surface area contributed by atoms with Gasteiger partial charge in [0.2, 0.25) is 10.0 Å². The maximum absolute atomic E-state index is 12.5. The van der Waals surface area contributed by atoms with Gasteiger partial charge in [-0.3, -0.25) is 4.79 Å². The average molecular weight is 340 g/mol. The molecule has 1 heterocycles. The normalized spacial score (nSPS) is 19.1. The SMILES string of the molecule is CCN(CC)S(=O)(=O)c1ccc(C(=O)N2CCCOC2C)cc1. The lowest BCUT2D eigenvalue weighted by Crippen LogP contribution is -2.44. The van der Waals surface area contributed by atoms with Crippen LogP contribution in [0.25, 0.3) is 0 Å². The number of carbonyl (C=O) groups excluding carboxylic acids is 1. The molecule has 1 amide bonds. The van der Waals surface area contributed by atoms with Crippen molar-refractivity contribution in [3.63, 3.8) is 0 Å². The van der Waals surface area contributed by atoms with Gasteiger partial charge in [-0.1, -0.05) is 13.8 Å². The Hall–Kier alpha value is -1.44. The molecule has 1 fully saturated rings. The number of carbonyl (C=O) groups is 1. The highest BCUT2D eigenvalue weighted by Crippen LogP contribution is 2.19. The standard InChI is InChI=1S/C16H24N2O4S/c1-4-17(5-2)23(20,21)15-9-7-14(8-10-15)16(19)18-11-6-12-22-13(18)3/h7-10,13H,4-6,11-12H2,1-3H3. The van der Waals surface area contributed by atoms with Crippen LogP contribution in [0, 0.1) is 0 Å². The second-order valence-electron chi connectivity index (χ2n) is 5.44. The second kappa shape index (κ2) is 7.42. The van der Waals surface area contributed by atoms with E-state index in [4.69, 9.17) is 4.74 Å². The van der Waals surface area contributed by atoms with E-state index in [1.165, 1.54) is 16.4 Å². The van der Waals surface area contributed by atoms with Gasteiger partial charge in [-0.05, 0) is 37.6 Å². The van der Waals surface area contributed by atoms with Gasteiger partial charge in [0, 0.05) is 25.2 Å². The highest BCUT2D eigenvalue weighted by atomic mass is 32.2. The summed E-state index contributed by atoms with van der Waals surface area (Å²) in [6.07, 6.45) is 0.556. The monoisotopic (exact) mass is 340 g/mol. The molecular formula is C16H24N2O4S. The van der Waals surface area contributed by atoms with E-state index in [1.807, 2.05) is 6.92 Å². The van der Waals surface area contributed by atoms with E-state index in [0.717, 1.165) is 6.42 Å². The number of hydrogen-bond donors (Lipinski definition) is 0. The summed E-state index contributed by atoms with van der Waals surface area (Å²) in [7, 11) is -3.50. The van der Waals surface area contributed by atoms with Crippen molar-refractivity contribution < 1.29 is 17.9 Å². The summed E-state index contributed by atoms with van der Waals surface area (Å²) in [5.41, 5.74) is 0.473. The molecule has 128 valence electrons. The van der Waals surface area contributed by atoms with Crippen LogP contribution in [0.4, 0.5) is 0 Å². The van der Waals surface area contributed by atoms with Gasteiger partial charge in [0.15, 0.2) is 0 Å². The molecule has 0 saturated carbocycles. The molecule has 1 aromatic carbocycles. The zero-order chi connectivity index (χ0) is 17.0. The fraction of sp³-hybridized carbons (Fsp3) is 0.562. The van der Waals surface area contributed by atoms with Crippen LogP contribution >= 0.6 is 0 Å². The molecule has 0 spiro atoms. The fourth-order valence-corrected chi connectivity index (χ4v) is 4.13. The van der Waals surface area contributed by atoms with E-state index >= 15 is 0 Å². The van der Waals surface area contributed by atoms with Gasteiger partial charge in [-0.25, -0.2) is 8.42 Å². The summed E-state index contributed by atoms with van der Waals surface area (Å²) in [5, 5.41) is 0. The van der Waals surface area contributed by atoms with E-state index in [2.05, 4.69) is 0 Å². The van der Waals surface area contributed by atoms with Crippen molar-refractivity contribution in [2.45, 2.75) is 38.3 Å². The maximum atomic E-state index is 12.5. The lowest BCUT2D eigenvalue weighted by molar-refractivity contribution is -0.0661. The van der Waals surface area contributed by atoms with Gasteiger partial charge in [0.05, 0.1) is 11.5 Å². The van der Waals surface area contributed by atoms with Crippen molar-refractivity contribution >= 4 is 15.9 Å². The van der Waals surface area contributed by atoms with Crippen LogP contribution in [0.2, 0.25) is 0 Å². The van der Waals surface area contributed by atoms with Gasteiger partial charge in [0.25, 0.3) is 5.91 Å². The van der Waals surface area contributed by atoms with Crippen molar-refractivity contribution in [1.82, 2.24) is 9.21 Å². The fourth-order valence-electron chi connectivity index (χ4n) is 2.68. The molecule has 0 aromatic heterocycles. The van der Waals surface area contributed by atoms with Gasteiger partial charge >= 0.3 is 0 Å². The summed E-state index contributed by atoms with van der Waals surface area (Å²) in [5.74, 6) is -0.135. The molecular weight excluding hydrogens is 316 g/mol. The summed E-state index contributed by atoms with van der Waals surface area (Å²) in [6.45, 7) is 7.60. The number of benzene rings is 1. The van der Waals surface area contributed by atoms with Gasteiger partial charge in [-0.2, -0.15) is 4.31 Å². The van der Waals surface area contributed by atoms with Crippen molar-refractivity contribution in [2.24, 2.45) is 0 Å². The molecule has 1 atom stereocenters. The molecule has 1 aliphatic heterocycles. The Morgan fingerprint density at radius 2 is 1.87 bits per heavy atom. The minimum absolute atomic E-state index is 0.135.